The number of carbonyl (C=O) groups excluding carboxylic acids is 3. The fourth-order valence-electron chi connectivity index (χ4n) is 4.83. The van der Waals surface area contributed by atoms with E-state index in [1.807, 2.05) is 24.3 Å². The molecule has 1 aromatic heterocycles. The first-order valence-corrected chi connectivity index (χ1v) is 11.5. The van der Waals surface area contributed by atoms with E-state index in [1.54, 1.807) is 28.2 Å². The van der Waals surface area contributed by atoms with E-state index >= 15 is 0 Å². The van der Waals surface area contributed by atoms with Gasteiger partial charge in [-0.25, -0.2) is 0 Å². The van der Waals surface area contributed by atoms with Crippen molar-refractivity contribution in [1.82, 2.24) is 4.90 Å². The third-order valence-electron chi connectivity index (χ3n) is 6.43. The molecule has 8 heteroatoms. The number of ketones is 1. The molecule has 0 radical (unpaired) electrons. The predicted molar refractivity (Wildman–Crippen MR) is 122 cm³/mol. The minimum Gasteiger partial charge on any atom is -0.467 e. The second-order valence-electron chi connectivity index (χ2n) is 8.49. The summed E-state index contributed by atoms with van der Waals surface area (Å²) in [7, 11) is 0. The number of anilines is 2. The maximum atomic E-state index is 13.7. The Kier molecular flexibility index (Phi) is 6.00. The number of morpholine rings is 1. The summed E-state index contributed by atoms with van der Waals surface area (Å²) >= 11 is 0. The lowest BCUT2D eigenvalue weighted by Crippen LogP contribution is -2.42. The van der Waals surface area contributed by atoms with Crippen molar-refractivity contribution >= 4 is 29.0 Å². The molecule has 3 heterocycles. The number of hydrogen-bond donors (Lipinski definition) is 1. The molecular weight excluding hydrogens is 422 g/mol. The van der Waals surface area contributed by atoms with Gasteiger partial charge in [-0.05, 0) is 37.1 Å². The Hall–Kier alpha value is -3.39. The van der Waals surface area contributed by atoms with Gasteiger partial charge in [-0.3, -0.25) is 19.3 Å². The van der Waals surface area contributed by atoms with Gasteiger partial charge in [0.05, 0.1) is 30.9 Å². The fraction of sp³-hybridized carbons (Fsp3) is 0.400. The molecule has 1 atom stereocenters. The van der Waals surface area contributed by atoms with E-state index in [-0.39, 0.29) is 30.4 Å². The monoisotopic (exact) mass is 449 g/mol. The summed E-state index contributed by atoms with van der Waals surface area (Å²) < 4.78 is 11.1. The zero-order chi connectivity index (χ0) is 22.8. The topological polar surface area (TPSA) is 92.1 Å². The Morgan fingerprint density at radius 3 is 2.58 bits per heavy atom. The highest BCUT2D eigenvalue weighted by molar-refractivity contribution is 6.06. The third kappa shape index (κ3) is 4.18. The maximum Gasteiger partial charge on any atom is 0.228 e. The molecule has 5 rings (SSSR count). The highest BCUT2D eigenvalue weighted by Gasteiger charge is 2.40. The van der Waals surface area contributed by atoms with E-state index in [1.165, 1.54) is 0 Å². The Balaban J connectivity index is 1.51. The quantitative estimate of drug-likeness (QED) is 0.769. The van der Waals surface area contributed by atoms with Crippen molar-refractivity contribution in [2.24, 2.45) is 0 Å². The van der Waals surface area contributed by atoms with Gasteiger partial charge < -0.3 is 19.4 Å². The number of Topliss-reactive ketones (excluding diaryl/α,β-unsaturated/α-hetero) is 1. The standard InChI is InChI=1S/C25H27N3O5/c29-20-8-3-6-18-24(20)25(21-9-4-14-33-21)28(19-7-2-1-5-17(19)26-18)23(31)11-10-22(30)27-12-15-32-16-13-27/h1-2,4-5,7,9,14,25-26H,3,6,8,10-13,15-16H2/t25-/m0/s1. The molecular formula is C25H27N3O5. The zero-order valence-electron chi connectivity index (χ0n) is 18.4. The minimum atomic E-state index is -0.676. The molecule has 2 amide bonds. The lowest BCUT2D eigenvalue weighted by molar-refractivity contribution is -0.136. The summed E-state index contributed by atoms with van der Waals surface area (Å²) in [6.07, 6.45) is 3.63. The third-order valence-corrected chi connectivity index (χ3v) is 6.43. The number of furan rings is 1. The molecule has 1 N–H and O–H groups in total. The van der Waals surface area contributed by atoms with Gasteiger partial charge in [0.1, 0.15) is 11.8 Å². The van der Waals surface area contributed by atoms with Crippen LogP contribution in [-0.4, -0.2) is 48.8 Å². The number of amides is 2. The average molecular weight is 450 g/mol. The van der Waals surface area contributed by atoms with Gasteiger partial charge >= 0.3 is 0 Å². The molecule has 3 aliphatic rings. The molecule has 1 aliphatic carbocycles. The van der Waals surface area contributed by atoms with Crippen LogP contribution in [0.15, 0.2) is 58.3 Å². The predicted octanol–water partition coefficient (Wildman–Crippen LogP) is 3.43. The summed E-state index contributed by atoms with van der Waals surface area (Å²) in [6.45, 7) is 2.13. The first-order valence-electron chi connectivity index (χ1n) is 11.5. The lowest BCUT2D eigenvalue weighted by atomic mass is 9.88. The Morgan fingerprint density at radius 1 is 1.00 bits per heavy atom. The highest BCUT2D eigenvalue weighted by Crippen LogP contribution is 2.45. The van der Waals surface area contributed by atoms with E-state index in [4.69, 9.17) is 9.15 Å². The summed E-state index contributed by atoms with van der Waals surface area (Å²) in [5.74, 6) is 0.264. The normalized spacial score (nSPS) is 20.6. The van der Waals surface area contributed by atoms with Gasteiger partial charge in [-0.1, -0.05) is 12.1 Å². The van der Waals surface area contributed by atoms with Gasteiger partial charge in [0, 0.05) is 43.6 Å². The molecule has 0 spiro atoms. The van der Waals surface area contributed by atoms with Crippen LogP contribution >= 0.6 is 0 Å². The summed E-state index contributed by atoms with van der Waals surface area (Å²) in [5, 5.41) is 3.42. The van der Waals surface area contributed by atoms with E-state index in [0.717, 1.165) is 24.2 Å². The van der Waals surface area contributed by atoms with Crippen LogP contribution in [0.25, 0.3) is 0 Å². The molecule has 0 bridgehead atoms. The summed E-state index contributed by atoms with van der Waals surface area (Å²) in [5.41, 5.74) is 2.84. The highest BCUT2D eigenvalue weighted by atomic mass is 16.5. The van der Waals surface area contributed by atoms with Crippen LogP contribution in [0.1, 0.15) is 43.9 Å². The fourth-order valence-corrected chi connectivity index (χ4v) is 4.83. The van der Waals surface area contributed by atoms with E-state index in [9.17, 15) is 14.4 Å². The average Bonchev–Trinajstić information content (AvgIpc) is 3.32. The molecule has 1 saturated heterocycles. The van der Waals surface area contributed by atoms with Crippen LogP contribution in [0.4, 0.5) is 11.4 Å². The second-order valence-corrected chi connectivity index (χ2v) is 8.49. The lowest BCUT2D eigenvalue weighted by Gasteiger charge is -2.32. The first-order chi connectivity index (χ1) is 16.1. The van der Waals surface area contributed by atoms with Gasteiger partial charge in [-0.2, -0.15) is 0 Å². The summed E-state index contributed by atoms with van der Waals surface area (Å²) in [4.78, 5) is 42.9. The zero-order valence-corrected chi connectivity index (χ0v) is 18.4. The van der Waals surface area contributed by atoms with Crippen molar-refractivity contribution in [1.29, 1.82) is 0 Å². The number of benzene rings is 1. The SMILES string of the molecule is O=C1CCCC2=C1[C@H](c1ccco1)N(C(=O)CCC(=O)N1CCOCC1)c1ccccc1N2. The largest absolute Gasteiger partial charge is 0.467 e. The van der Waals surface area contributed by atoms with Crippen LogP contribution in [-0.2, 0) is 19.1 Å². The van der Waals surface area contributed by atoms with Crippen LogP contribution < -0.4 is 10.2 Å². The number of rotatable bonds is 4. The Labute approximate surface area is 192 Å². The number of allylic oxidation sites excluding steroid dienone is 1. The van der Waals surface area contributed by atoms with E-state index < -0.39 is 6.04 Å². The van der Waals surface area contributed by atoms with Gasteiger partial charge in [0.2, 0.25) is 11.8 Å². The number of hydrogen-bond acceptors (Lipinski definition) is 6. The molecule has 1 aromatic carbocycles. The maximum absolute atomic E-state index is 13.7. The second kappa shape index (κ2) is 9.23. The molecule has 33 heavy (non-hydrogen) atoms. The molecule has 8 nitrogen and oxygen atoms in total. The number of carbonyl (C=O) groups is 3. The van der Waals surface area contributed by atoms with Crippen molar-refractivity contribution < 1.29 is 23.5 Å². The summed E-state index contributed by atoms with van der Waals surface area (Å²) in [6, 6.07) is 10.4. The van der Waals surface area contributed by atoms with Crippen LogP contribution in [0.5, 0.6) is 0 Å². The number of fused-ring (bicyclic) bond motifs is 1. The van der Waals surface area contributed by atoms with Crippen molar-refractivity contribution in [3.8, 4) is 0 Å². The molecule has 0 unspecified atom stereocenters. The van der Waals surface area contributed by atoms with Gasteiger partial charge in [-0.15, -0.1) is 0 Å². The van der Waals surface area contributed by atoms with Gasteiger partial charge in [0.15, 0.2) is 5.78 Å². The van der Waals surface area contributed by atoms with E-state index in [0.29, 0.717) is 49.7 Å². The molecule has 0 saturated carbocycles. The van der Waals surface area contributed by atoms with Gasteiger partial charge in [0.25, 0.3) is 0 Å². The van der Waals surface area contributed by atoms with Crippen LogP contribution in [0.3, 0.4) is 0 Å². The number of nitrogens with zero attached hydrogens (tertiary/aromatic N) is 2. The molecule has 172 valence electrons. The van der Waals surface area contributed by atoms with Crippen molar-refractivity contribution in [3.05, 3.63) is 59.7 Å². The van der Waals surface area contributed by atoms with Crippen molar-refractivity contribution in [3.63, 3.8) is 0 Å². The van der Waals surface area contributed by atoms with Crippen LogP contribution in [0.2, 0.25) is 0 Å². The van der Waals surface area contributed by atoms with Crippen molar-refractivity contribution in [2.75, 3.05) is 36.5 Å². The Morgan fingerprint density at radius 2 is 1.79 bits per heavy atom. The minimum absolute atomic E-state index is 0.0140. The van der Waals surface area contributed by atoms with Crippen LogP contribution in [0, 0.1) is 0 Å². The van der Waals surface area contributed by atoms with Crippen molar-refractivity contribution in [2.45, 2.75) is 38.1 Å². The number of para-hydroxylation sites is 2. The first kappa shape index (κ1) is 21.5. The smallest absolute Gasteiger partial charge is 0.228 e. The number of ether oxygens (including phenoxy) is 1. The molecule has 2 aromatic rings. The molecule has 1 fully saturated rings. The number of nitrogens with one attached hydrogen (secondary N) is 1. The Bertz CT molecular complexity index is 1090. The molecule has 2 aliphatic heterocycles. The van der Waals surface area contributed by atoms with E-state index in [2.05, 4.69) is 5.32 Å².